The van der Waals surface area contributed by atoms with Crippen LogP contribution in [0.25, 0.3) is 0 Å². The molecule has 0 bridgehead atoms. The summed E-state index contributed by atoms with van der Waals surface area (Å²) in [6.07, 6.45) is 3.50. The van der Waals surface area contributed by atoms with Crippen molar-refractivity contribution in [3.63, 3.8) is 0 Å². The van der Waals surface area contributed by atoms with Crippen LogP contribution in [0.1, 0.15) is 40.2 Å². The number of carbonyl (C=O) groups is 5. The van der Waals surface area contributed by atoms with Crippen molar-refractivity contribution in [2.24, 2.45) is 17.8 Å². The van der Waals surface area contributed by atoms with Gasteiger partial charge in [0.25, 0.3) is 0 Å². The molecular formula is C36H26BrNO7. The van der Waals surface area contributed by atoms with Gasteiger partial charge in [-0.15, -0.1) is 0 Å². The quantitative estimate of drug-likeness (QED) is 0.163. The number of allylic oxidation sites excluding steroid dienone is 6. The number of aromatic hydroxyl groups is 1. The monoisotopic (exact) mass is 663 g/mol. The van der Waals surface area contributed by atoms with Crippen LogP contribution >= 0.6 is 15.9 Å². The van der Waals surface area contributed by atoms with Crippen molar-refractivity contribution in [3.05, 3.63) is 123 Å². The zero-order valence-electron chi connectivity index (χ0n) is 24.0. The van der Waals surface area contributed by atoms with Crippen LogP contribution in [0.2, 0.25) is 0 Å². The van der Waals surface area contributed by atoms with Gasteiger partial charge < -0.3 is 9.84 Å². The van der Waals surface area contributed by atoms with Crippen LogP contribution in [-0.2, 0) is 19.2 Å². The molecule has 0 saturated carbocycles. The van der Waals surface area contributed by atoms with E-state index in [0.29, 0.717) is 28.1 Å². The summed E-state index contributed by atoms with van der Waals surface area (Å²) in [6.45, 7) is 0. The average Bonchev–Trinajstić information content (AvgIpc) is 3.32. The lowest BCUT2D eigenvalue weighted by atomic mass is 9.59. The number of ether oxygens (including phenoxy) is 1. The fourth-order valence-electron chi connectivity index (χ4n) is 7.23. The Hall–Kier alpha value is -4.89. The second-order valence-electron chi connectivity index (χ2n) is 11.6. The van der Waals surface area contributed by atoms with E-state index in [1.165, 1.54) is 24.2 Å². The van der Waals surface area contributed by atoms with E-state index >= 15 is 0 Å². The Balaban J connectivity index is 1.27. The fraction of sp³-hybridized carbons (Fsp3) is 0.194. The molecule has 1 fully saturated rings. The Morgan fingerprint density at radius 3 is 2.33 bits per heavy atom. The van der Waals surface area contributed by atoms with E-state index in [4.69, 9.17) is 4.74 Å². The number of ketones is 3. The van der Waals surface area contributed by atoms with E-state index in [1.807, 2.05) is 12.1 Å². The zero-order valence-corrected chi connectivity index (χ0v) is 25.6. The standard InChI is InChI=1S/C36H26BrNO7/c1-45-21-11-14-28(39)25(15-21)30-22-12-13-23-31(24(22)16-26-32(30)29(40)17-27(37)34(26)42)36(44)38(35(23)43)20-9-7-19(8-10-20)33(41)18-5-3-2-4-6-18/h2-12,14-15,17,23-24,30-31,39H,13,16H2,1H3. The molecule has 4 atom stereocenters. The number of nitrogens with zero attached hydrogens (tertiary/aromatic N) is 1. The lowest BCUT2D eigenvalue weighted by molar-refractivity contribution is -0.123. The van der Waals surface area contributed by atoms with Gasteiger partial charge in [0.05, 0.1) is 29.1 Å². The second-order valence-corrected chi connectivity index (χ2v) is 12.4. The van der Waals surface area contributed by atoms with E-state index in [-0.39, 0.29) is 57.5 Å². The molecule has 9 heteroatoms. The Labute approximate surface area is 266 Å². The van der Waals surface area contributed by atoms with E-state index in [0.717, 1.165) is 5.57 Å². The van der Waals surface area contributed by atoms with Crippen molar-refractivity contribution in [1.29, 1.82) is 0 Å². The van der Waals surface area contributed by atoms with Crippen molar-refractivity contribution in [2.75, 3.05) is 12.0 Å². The number of hydrogen-bond acceptors (Lipinski definition) is 7. The Morgan fingerprint density at radius 2 is 1.62 bits per heavy atom. The van der Waals surface area contributed by atoms with E-state index in [1.54, 1.807) is 60.7 Å². The van der Waals surface area contributed by atoms with Gasteiger partial charge in [0.15, 0.2) is 17.3 Å². The number of rotatable bonds is 5. The van der Waals surface area contributed by atoms with Crippen LogP contribution in [0.15, 0.2) is 106 Å². The third kappa shape index (κ3) is 4.52. The maximum atomic E-state index is 14.2. The summed E-state index contributed by atoms with van der Waals surface area (Å²) in [7, 11) is 1.49. The number of methoxy groups -OCH3 is 1. The summed E-state index contributed by atoms with van der Waals surface area (Å²) in [6, 6.07) is 19.9. The highest BCUT2D eigenvalue weighted by Crippen LogP contribution is 2.56. The highest BCUT2D eigenvalue weighted by Gasteiger charge is 2.57. The first kappa shape index (κ1) is 28.9. The molecule has 2 amide bonds. The molecule has 3 aliphatic carbocycles. The molecule has 45 heavy (non-hydrogen) atoms. The molecule has 4 aliphatic rings. The minimum Gasteiger partial charge on any atom is -0.508 e. The molecule has 1 aliphatic heterocycles. The smallest absolute Gasteiger partial charge is 0.238 e. The molecular weight excluding hydrogens is 638 g/mol. The fourth-order valence-corrected chi connectivity index (χ4v) is 7.67. The number of hydrogen-bond donors (Lipinski definition) is 1. The highest BCUT2D eigenvalue weighted by molar-refractivity contribution is 9.12. The van der Waals surface area contributed by atoms with Crippen molar-refractivity contribution >= 4 is 50.8 Å². The molecule has 7 rings (SSSR count). The number of amides is 2. The number of halogens is 1. The molecule has 3 aromatic rings. The topological polar surface area (TPSA) is 118 Å². The van der Waals surface area contributed by atoms with Gasteiger partial charge in [-0.1, -0.05) is 42.0 Å². The van der Waals surface area contributed by atoms with E-state index < -0.39 is 29.6 Å². The minimum absolute atomic E-state index is 0.0780. The Morgan fingerprint density at radius 1 is 0.911 bits per heavy atom. The third-order valence-electron chi connectivity index (χ3n) is 9.30. The summed E-state index contributed by atoms with van der Waals surface area (Å²) in [5.41, 5.74) is 2.96. The summed E-state index contributed by atoms with van der Waals surface area (Å²) in [4.78, 5) is 69.0. The first-order valence-electron chi connectivity index (χ1n) is 14.5. The number of imide groups is 1. The summed E-state index contributed by atoms with van der Waals surface area (Å²) in [5, 5.41) is 11.0. The number of carbonyl (C=O) groups excluding carboxylic acids is 5. The maximum absolute atomic E-state index is 14.2. The van der Waals surface area contributed by atoms with Gasteiger partial charge in [0.2, 0.25) is 11.8 Å². The van der Waals surface area contributed by atoms with Gasteiger partial charge in [-0.3, -0.25) is 28.9 Å². The number of Topliss-reactive ketones (excluding diaryl/α,β-unsaturated/α-hetero) is 1. The van der Waals surface area contributed by atoms with E-state index in [9.17, 15) is 29.1 Å². The van der Waals surface area contributed by atoms with Crippen LogP contribution < -0.4 is 9.64 Å². The van der Waals surface area contributed by atoms with Crippen LogP contribution in [0.3, 0.4) is 0 Å². The van der Waals surface area contributed by atoms with Gasteiger partial charge in [-0.25, -0.2) is 0 Å². The van der Waals surface area contributed by atoms with E-state index in [2.05, 4.69) is 15.9 Å². The van der Waals surface area contributed by atoms with Crippen molar-refractivity contribution < 1.29 is 33.8 Å². The van der Waals surface area contributed by atoms with Crippen molar-refractivity contribution in [1.82, 2.24) is 0 Å². The Bertz CT molecular complexity index is 1920. The van der Waals surface area contributed by atoms with Gasteiger partial charge in [0, 0.05) is 39.8 Å². The molecule has 3 aromatic carbocycles. The summed E-state index contributed by atoms with van der Waals surface area (Å²) in [5.74, 6) is -4.06. The molecule has 8 nitrogen and oxygen atoms in total. The van der Waals surface area contributed by atoms with Crippen molar-refractivity contribution in [3.8, 4) is 11.5 Å². The molecule has 1 N–H and O–H groups in total. The molecule has 1 saturated heterocycles. The maximum Gasteiger partial charge on any atom is 0.238 e. The molecule has 0 spiro atoms. The van der Waals surface area contributed by atoms with Crippen LogP contribution in [0.5, 0.6) is 11.5 Å². The summed E-state index contributed by atoms with van der Waals surface area (Å²) >= 11 is 3.23. The van der Waals surface area contributed by atoms with Crippen LogP contribution in [0, 0.1) is 17.8 Å². The predicted molar refractivity (Wildman–Crippen MR) is 168 cm³/mol. The second kappa shape index (κ2) is 10.9. The molecule has 0 radical (unpaired) electrons. The zero-order chi connectivity index (χ0) is 31.6. The first-order valence-corrected chi connectivity index (χ1v) is 15.3. The van der Waals surface area contributed by atoms with Gasteiger partial charge >= 0.3 is 0 Å². The Kier molecular flexibility index (Phi) is 7.00. The molecule has 1 heterocycles. The third-order valence-corrected chi connectivity index (χ3v) is 9.89. The number of anilines is 1. The molecule has 224 valence electrons. The molecule has 0 aromatic heterocycles. The number of benzene rings is 3. The van der Waals surface area contributed by atoms with Gasteiger partial charge in [-0.05, 0) is 77.2 Å². The first-order chi connectivity index (χ1) is 21.7. The lowest BCUT2D eigenvalue weighted by Crippen LogP contribution is -2.39. The SMILES string of the molecule is COc1ccc(O)c(C2C3=CCC4C(=O)N(c5ccc(C(=O)c6ccccc6)cc5)C(=O)C4C3CC3=C2C(=O)C=C(Br)C3=O)c1. The number of phenolic OH excluding ortho intramolecular Hbond substituents is 1. The minimum atomic E-state index is -0.802. The number of phenols is 1. The molecule has 4 unspecified atom stereocenters. The van der Waals surface area contributed by atoms with Gasteiger partial charge in [0.1, 0.15) is 11.5 Å². The number of fused-ring (bicyclic) bond motifs is 3. The summed E-state index contributed by atoms with van der Waals surface area (Å²) < 4.78 is 5.53. The largest absolute Gasteiger partial charge is 0.508 e. The average molecular weight is 665 g/mol. The lowest BCUT2D eigenvalue weighted by Gasteiger charge is -2.42. The van der Waals surface area contributed by atoms with Gasteiger partial charge in [-0.2, -0.15) is 0 Å². The predicted octanol–water partition coefficient (Wildman–Crippen LogP) is 5.60. The van der Waals surface area contributed by atoms with Crippen molar-refractivity contribution in [2.45, 2.75) is 18.8 Å². The van der Waals surface area contributed by atoms with Crippen LogP contribution in [-0.4, -0.2) is 41.4 Å². The van der Waals surface area contributed by atoms with Crippen LogP contribution in [0.4, 0.5) is 5.69 Å². The highest BCUT2D eigenvalue weighted by atomic mass is 79.9. The normalized spacial score (nSPS) is 24.1.